The summed E-state index contributed by atoms with van der Waals surface area (Å²) in [5, 5.41) is 23.9. The summed E-state index contributed by atoms with van der Waals surface area (Å²) in [5.41, 5.74) is 5.16. The van der Waals surface area contributed by atoms with E-state index in [4.69, 9.17) is 29.4 Å². The van der Waals surface area contributed by atoms with Crippen molar-refractivity contribution >= 4 is 11.9 Å². The largest absolute Gasteiger partial charge is 0.461 e. The summed E-state index contributed by atoms with van der Waals surface area (Å²) in [6.45, 7) is 14.9. The molecule has 49 heavy (non-hydrogen) atoms. The van der Waals surface area contributed by atoms with Gasteiger partial charge in [-0.25, -0.2) is 0 Å². The second-order valence-corrected chi connectivity index (χ2v) is 15.6. The Kier molecular flexibility index (Phi) is 12.9. The second kappa shape index (κ2) is 16.0. The average Bonchev–Trinajstić information content (AvgIpc) is 3.29. The number of cyclic esters (lactones) is 1. The standard InChI is InChI=1S/C37H61N3O9/c1-11-27-37(8)32(38)22(4)30(49-37)20(2)18-36(7,44)33(48-35-29(42)26(40(9)10)17-21(3)45-35)23(5)31(24(6)34(43)46-27)47-28(41)15-14-25-13-12-16-39-19-25/h12-13,16,19-24,26-27,29-33,35,42,44H,11,14-15,17-18,38H2,1-10H3/t20-,21-,22+,23+,24-,26+,27-,29-,30-,31+,32+,33-,35+,36+,37?/m1/s1. The topological polar surface area (TPSA) is 163 Å². The van der Waals surface area contributed by atoms with E-state index in [1.165, 1.54) is 0 Å². The van der Waals surface area contributed by atoms with Crippen molar-refractivity contribution in [3.8, 4) is 0 Å². The molecule has 3 saturated heterocycles. The Morgan fingerprint density at radius 2 is 1.86 bits per heavy atom. The molecule has 2 bridgehead atoms. The van der Waals surface area contributed by atoms with Crippen molar-refractivity contribution in [2.75, 3.05) is 14.1 Å². The van der Waals surface area contributed by atoms with Gasteiger partial charge in [0, 0.05) is 42.7 Å². The molecule has 4 N–H and O–H groups in total. The normalized spacial score (nSPS) is 43.6. The third-order valence-corrected chi connectivity index (χ3v) is 11.3. The van der Waals surface area contributed by atoms with Gasteiger partial charge in [0.25, 0.3) is 0 Å². The Morgan fingerprint density at radius 1 is 1.16 bits per heavy atom. The third-order valence-electron chi connectivity index (χ3n) is 11.3. The molecule has 1 aromatic rings. The summed E-state index contributed by atoms with van der Waals surface area (Å²) in [7, 11) is 3.78. The van der Waals surface area contributed by atoms with Gasteiger partial charge in [-0.2, -0.15) is 0 Å². The first-order valence-electron chi connectivity index (χ1n) is 18.0. The molecule has 0 radical (unpaired) electrons. The molecule has 0 spiro atoms. The van der Waals surface area contributed by atoms with Crippen molar-refractivity contribution in [1.29, 1.82) is 0 Å². The molecule has 0 aliphatic carbocycles. The number of aliphatic hydroxyl groups is 2. The van der Waals surface area contributed by atoms with E-state index in [2.05, 4.69) is 4.98 Å². The summed E-state index contributed by atoms with van der Waals surface area (Å²) in [6, 6.07) is 2.99. The number of ether oxygens (including phenoxy) is 5. The van der Waals surface area contributed by atoms with Gasteiger partial charge in [0.1, 0.15) is 23.9 Å². The minimum atomic E-state index is -1.55. The molecule has 1 unspecified atom stereocenters. The molecule has 12 heteroatoms. The zero-order chi connectivity index (χ0) is 36.4. The minimum absolute atomic E-state index is 0.0556. The average molecular weight is 692 g/mol. The smallest absolute Gasteiger partial charge is 0.312 e. The second-order valence-electron chi connectivity index (χ2n) is 15.6. The van der Waals surface area contributed by atoms with Gasteiger partial charge >= 0.3 is 11.9 Å². The van der Waals surface area contributed by atoms with Crippen LogP contribution >= 0.6 is 0 Å². The SMILES string of the molecule is CC[C@H]1OC(=O)[C@H](C)[C@@H](OC(=O)CCc2cccnc2)[C@H](C)[C@@H](O[C@@H]2O[C@H](C)C[C@H](N(C)C)[C@H]2O)[C@@](C)(O)C[C@@H](C)[C@H]2OC1(C)[C@@H](N)[C@H]2C. The third kappa shape index (κ3) is 8.65. The Morgan fingerprint density at radius 3 is 2.47 bits per heavy atom. The molecular formula is C37H61N3O9. The van der Waals surface area contributed by atoms with E-state index in [-0.39, 0.29) is 42.9 Å². The van der Waals surface area contributed by atoms with Crippen molar-refractivity contribution in [2.45, 2.75) is 154 Å². The molecule has 0 aromatic carbocycles. The summed E-state index contributed by atoms with van der Waals surface area (Å²) in [4.78, 5) is 33.6. The fourth-order valence-electron chi connectivity index (χ4n) is 8.48. The highest BCUT2D eigenvalue weighted by Gasteiger charge is 2.57. The molecule has 278 valence electrons. The molecule has 3 aliphatic rings. The number of hydrogen-bond donors (Lipinski definition) is 3. The van der Waals surface area contributed by atoms with Gasteiger partial charge < -0.3 is 44.5 Å². The van der Waals surface area contributed by atoms with Crippen LogP contribution in [0.4, 0.5) is 0 Å². The van der Waals surface area contributed by atoms with Crippen LogP contribution in [0.15, 0.2) is 24.5 Å². The van der Waals surface area contributed by atoms with Gasteiger partial charge in [0.05, 0.1) is 29.8 Å². The molecule has 0 amide bonds. The summed E-state index contributed by atoms with van der Waals surface area (Å²) in [5.74, 6) is -3.08. The van der Waals surface area contributed by atoms with E-state index >= 15 is 0 Å². The first kappa shape index (κ1) is 39.6. The van der Waals surface area contributed by atoms with Crippen molar-refractivity contribution in [1.82, 2.24) is 9.88 Å². The summed E-state index contributed by atoms with van der Waals surface area (Å²) < 4.78 is 31.9. The lowest BCUT2D eigenvalue weighted by Gasteiger charge is -2.47. The lowest BCUT2D eigenvalue weighted by molar-refractivity contribution is -0.299. The van der Waals surface area contributed by atoms with Crippen LogP contribution in [0.5, 0.6) is 0 Å². The highest BCUT2D eigenvalue weighted by atomic mass is 16.7. The van der Waals surface area contributed by atoms with Crippen molar-refractivity contribution < 1.29 is 43.5 Å². The van der Waals surface area contributed by atoms with Gasteiger partial charge in [-0.05, 0) is 85.0 Å². The molecule has 12 nitrogen and oxygen atoms in total. The van der Waals surface area contributed by atoms with E-state index in [0.717, 1.165) is 5.56 Å². The predicted octanol–water partition coefficient (Wildman–Crippen LogP) is 3.24. The number of carbonyl (C=O) groups excluding carboxylic acids is 2. The van der Waals surface area contributed by atoms with Gasteiger partial charge in [-0.1, -0.05) is 33.8 Å². The first-order valence-corrected chi connectivity index (χ1v) is 18.0. The van der Waals surface area contributed by atoms with Crippen LogP contribution in [-0.2, 0) is 39.7 Å². The number of hydrogen-bond acceptors (Lipinski definition) is 12. The molecule has 1 aromatic heterocycles. The number of aromatic nitrogens is 1. The van der Waals surface area contributed by atoms with E-state index in [1.807, 2.05) is 59.7 Å². The fourth-order valence-corrected chi connectivity index (χ4v) is 8.48. The van der Waals surface area contributed by atoms with Crippen LogP contribution in [0.3, 0.4) is 0 Å². The maximum atomic E-state index is 14.1. The van der Waals surface area contributed by atoms with Crippen LogP contribution in [0.2, 0.25) is 0 Å². The van der Waals surface area contributed by atoms with Crippen LogP contribution < -0.4 is 5.73 Å². The van der Waals surface area contributed by atoms with Gasteiger partial charge in [0.2, 0.25) is 0 Å². The number of nitrogens with two attached hydrogens (primary N) is 1. The maximum absolute atomic E-state index is 14.1. The Labute approximate surface area is 292 Å². The highest BCUT2D eigenvalue weighted by Crippen LogP contribution is 2.45. The molecule has 3 aliphatic heterocycles. The van der Waals surface area contributed by atoms with E-state index < -0.39 is 71.7 Å². The number of aliphatic hydroxyl groups excluding tert-OH is 1. The van der Waals surface area contributed by atoms with Gasteiger partial charge in [-0.15, -0.1) is 0 Å². The lowest BCUT2D eigenvalue weighted by atomic mass is 9.75. The van der Waals surface area contributed by atoms with Crippen LogP contribution in [0.25, 0.3) is 0 Å². The van der Waals surface area contributed by atoms with E-state index in [0.29, 0.717) is 19.3 Å². The lowest BCUT2D eigenvalue weighted by Crippen LogP contribution is -2.59. The van der Waals surface area contributed by atoms with E-state index in [9.17, 15) is 19.8 Å². The maximum Gasteiger partial charge on any atom is 0.312 e. The molecule has 3 fully saturated rings. The summed E-state index contributed by atoms with van der Waals surface area (Å²) >= 11 is 0. The minimum Gasteiger partial charge on any atom is -0.461 e. The predicted molar refractivity (Wildman–Crippen MR) is 183 cm³/mol. The van der Waals surface area contributed by atoms with E-state index in [1.54, 1.807) is 39.2 Å². The number of aryl methyl sites for hydroxylation is 1. The van der Waals surface area contributed by atoms with Crippen molar-refractivity contribution in [2.24, 2.45) is 29.4 Å². The Balaban J connectivity index is 1.75. The monoisotopic (exact) mass is 691 g/mol. The summed E-state index contributed by atoms with van der Waals surface area (Å²) in [6.07, 6.45) is -0.340. The number of rotatable bonds is 8. The molecule has 4 rings (SSSR count). The van der Waals surface area contributed by atoms with Crippen LogP contribution in [0, 0.1) is 23.7 Å². The zero-order valence-corrected chi connectivity index (χ0v) is 31.1. The van der Waals surface area contributed by atoms with Crippen molar-refractivity contribution in [3.05, 3.63) is 30.1 Å². The Hall–Kier alpha value is -2.19. The number of esters is 2. The number of carbonyl (C=O) groups is 2. The van der Waals surface area contributed by atoms with Crippen LogP contribution in [0.1, 0.15) is 86.6 Å². The number of fused-ring (bicyclic) bond motifs is 2. The van der Waals surface area contributed by atoms with Gasteiger partial charge in [0.15, 0.2) is 6.29 Å². The number of likely N-dealkylation sites (N-methyl/N-ethyl adjacent to an activating group) is 1. The molecule has 0 saturated carbocycles. The quantitative estimate of drug-likeness (QED) is 0.342. The number of pyridine rings is 1. The fraction of sp³-hybridized carbons (Fsp3) is 0.811. The molecular weight excluding hydrogens is 630 g/mol. The first-order chi connectivity index (χ1) is 22.9. The van der Waals surface area contributed by atoms with Gasteiger partial charge in [-0.3, -0.25) is 14.6 Å². The molecule has 15 atom stereocenters. The highest BCUT2D eigenvalue weighted by molar-refractivity contribution is 5.75. The van der Waals surface area contributed by atoms with Crippen molar-refractivity contribution in [3.63, 3.8) is 0 Å². The zero-order valence-electron chi connectivity index (χ0n) is 31.1. The number of nitrogens with zero attached hydrogens (tertiary/aromatic N) is 2. The van der Waals surface area contributed by atoms with Crippen LogP contribution in [-0.4, -0.2) is 112 Å². The Bertz CT molecular complexity index is 1250. The molecule has 4 heterocycles.